The Morgan fingerprint density at radius 3 is 1.91 bits per heavy atom. The smallest absolute Gasteiger partial charge is 0.305 e. The summed E-state index contributed by atoms with van der Waals surface area (Å²) in [6, 6.07) is 0. The van der Waals surface area contributed by atoms with Gasteiger partial charge in [0.05, 0.1) is 19.6 Å². The molecule has 0 fully saturated rings. The Hall–Kier alpha value is -1.21. The van der Waals surface area contributed by atoms with Gasteiger partial charge in [-0.2, -0.15) is 0 Å². The van der Waals surface area contributed by atoms with E-state index in [1.165, 1.54) is 0 Å². The highest BCUT2D eigenvalue weighted by molar-refractivity contribution is 5.69. The zero-order valence-corrected chi connectivity index (χ0v) is 22.8. The molecular weight excluding hydrogens is 442 g/mol. The zero-order chi connectivity index (χ0) is 25.7. The lowest BCUT2D eigenvalue weighted by molar-refractivity contribution is -0.159. The molecule has 0 aromatic heterocycles. The Kier molecular flexibility index (Phi) is 28.0. The van der Waals surface area contributed by atoms with Crippen LogP contribution < -0.4 is 5.32 Å². The van der Waals surface area contributed by atoms with Crippen molar-refractivity contribution in [1.29, 1.82) is 0 Å². The average Bonchev–Trinajstić information content (AvgIpc) is 2.86. The monoisotopic (exact) mass is 497 g/mol. The molecule has 0 unspecified atom stereocenters. The minimum Gasteiger partial charge on any atom is -0.466 e. The van der Waals surface area contributed by atoms with E-state index in [0.29, 0.717) is 39.2 Å². The summed E-state index contributed by atoms with van der Waals surface area (Å²) in [6.07, 6.45) is 23.3. The number of aliphatic hydroxyl groups is 1. The van der Waals surface area contributed by atoms with Crippen LogP contribution in [0.4, 0.5) is 0 Å². The number of carbonyl (C=O) groups is 1. The number of carbonyl (C=O) groups excluding carboxylic acids is 1. The van der Waals surface area contributed by atoms with Crippen LogP contribution in [0.3, 0.4) is 0 Å². The first kappa shape index (κ1) is 33.8. The fourth-order valence-corrected chi connectivity index (χ4v) is 3.52. The third-order valence-corrected chi connectivity index (χ3v) is 5.58. The summed E-state index contributed by atoms with van der Waals surface area (Å²) in [7, 11) is 0. The van der Waals surface area contributed by atoms with Gasteiger partial charge < -0.3 is 24.6 Å². The quantitative estimate of drug-likeness (QED) is 0.0586. The van der Waals surface area contributed by atoms with Gasteiger partial charge in [0.25, 0.3) is 0 Å². The summed E-state index contributed by atoms with van der Waals surface area (Å²) in [5.41, 5.74) is 0. The van der Waals surface area contributed by atoms with Gasteiger partial charge in [-0.15, -0.1) is 0 Å². The van der Waals surface area contributed by atoms with E-state index < -0.39 is 0 Å². The van der Waals surface area contributed by atoms with Gasteiger partial charge in [-0.05, 0) is 70.8 Å². The minimum absolute atomic E-state index is 0.162. The van der Waals surface area contributed by atoms with Crippen LogP contribution in [0.1, 0.15) is 110 Å². The van der Waals surface area contributed by atoms with E-state index in [4.69, 9.17) is 19.3 Å². The van der Waals surface area contributed by atoms with Crippen LogP contribution in [0.5, 0.6) is 0 Å². The molecule has 0 radical (unpaired) electrons. The van der Waals surface area contributed by atoms with Crippen molar-refractivity contribution < 1.29 is 24.1 Å². The minimum atomic E-state index is -0.334. The molecular formula is C29H55NO5. The number of aliphatic hydroxyl groups excluding tert-OH is 1. The number of nitrogens with one attached hydrogen (secondary N) is 1. The Morgan fingerprint density at radius 2 is 1.31 bits per heavy atom. The van der Waals surface area contributed by atoms with Crippen molar-refractivity contribution in [2.45, 2.75) is 116 Å². The summed E-state index contributed by atoms with van der Waals surface area (Å²) >= 11 is 0. The second-order valence-electron chi connectivity index (χ2n) is 8.92. The van der Waals surface area contributed by atoms with E-state index in [1.54, 1.807) is 0 Å². The maximum Gasteiger partial charge on any atom is 0.305 e. The van der Waals surface area contributed by atoms with Crippen molar-refractivity contribution in [3.8, 4) is 0 Å². The average molecular weight is 498 g/mol. The van der Waals surface area contributed by atoms with Gasteiger partial charge in [0.2, 0.25) is 0 Å². The molecule has 0 aliphatic rings. The van der Waals surface area contributed by atoms with Crippen LogP contribution in [0.2, 0.25) is 0 Å². The van der Waals surface area contributed by atoms with Crippen molar-refractivity contribution in [1.82, 2.24) is 5.32 Å². The van der Waals surface area contributed by atoms with Crippen LogP contribution in [0.25, 0.3) is 0 Å². The SMILES string of the molecule is CC/C=C\CCCCOC(CCC(=O)OCCCCCCCNCCO)OCCCC/C=C\CC. The lowest BCUT2D eigenvalue weighted by atomic mass is 10.1. The maximum atomic E-state index is 12.2. The fraction of sp³-hybridized carbons (Fsp3) is 0.828. The molecule has 2 N–H and O–H groups in total. The predicted octanol–water partition coefficient (Wildman–Crippen LogP) is 6.47. The molecule has 0 atom stereocenters. The van der Waals surface area contributed by atoms with E-state index in [0.717, 1.165) is 90.0 Å². The van der Waals surface area contributed by atoms with Crippen molar-refractivity contribution in [2.24, 2.45) is 0 Å². The van der Waals surface area contributed by atoms with E-state index in [1.807, 2.05) is 0 Å². The molecule has 0 aliphatic heterocycles. The normalized spacial score (nSPS) is 11.9. The molecule has 0 amide bonds. The number of allylic oxidation sites excluding steroid dienone is 4. The van der Waals surface area contributed by atoms with Crippen molar-refractivity contribution in [3.05, 3.63) is 24.3 Å². The molecule has 206 valence electrons. The lowest BCUT2D eigenvalue weighted by Crippen LogP contribution is -2.21. The molecule has 0 saturated carbocycles. The highest BCUT2D eigenvalue weighted by atomic mass is 16.7. The van der Waals surface area contributed by atoms with Crippen LogP contribution in [0.15, 0.2) is 24.3 Å². The summed E-state index contributed by atoms with van der Waals surface area (Å²) in [5.74, 6) is -0.162. The maximum absolute atomic E-state index is 12.2. The molecule has 6 heteroatoms. The molecule has 0 aromatic carbocycles. The van der Waals surface area contributed by atoms with Gasteiger partial charge >= 0.3 is 5.97 Å². The van der Waals surface area contributed by atoms with Gasteiger partial charge in [0.1, 0.15) is 0 Å². The summed E-state index contributed by atoms with van der Waals surface area (Å²) < 4.78 is 17.3. The van der Waals surface area contributed by atoms with E-state index >= 15 is 0 Å². The van der Waals surface area contributed by atoms with Crippen LogP contribution in [-0.4, -0.2) is 56.9 Å². The second-order valence-corrected chi connectivity index (χ2v) is 8.92. The standard InChI is InChI=1S/C29H55NO5/c1-3-5-7-9-13-18-26-34-29(35-27-19-14-10-8-6-4-2)21-20-28(32)33-25-17-15-11-12-16-22-30-23-24-31/h5-8,29-31H,3-4,9-27H2,1-2H3/b7-5-,8-6-. The van der Waals surface area contributed by atoms with Crippen LogP contribution in [0, 0.1) is 0 Å². The number of esters is 1. The molecule has 6 nitrogen and oxygen atoms in total. The number of unbranched alkanes of at least 4 members (excludes halogenated alkanes) is 8. The highest BCUT2D eigenvalue weighted by Gasteiger charge is 2.13. The largest absolute Gasteiger partial charge is 0.466 e. The van der Waals surface area contributed by atoms with Gasteiger partial charge in [0, 0.05) is 26.2 Å². The lowest BCUT2D eigenvalue weighted by Gasteiger charge is -2.18. The zero-order valence-electron chi connectivity index (χ0n) is 22.8. The summed E-state index contributed by atoms with van der Waals surface area (Å²) in [5, 5.41) is 11.9. The Morgan fingerprint density at radius 1 is 0.743 bits per heavy atom. The second kappa shape index (κ2) is 29.0. The first-order valence-electron chi connectivity index (χ1n) is 14.2. The van der Waals surface area contributed by atoms with Gasteiger partial charge in [0.15, 0.2) is 6.29 Å². The van der Waals surface area contributed by atoms with Gasteiger partial charge in [-0.1, -0.05) is 57.4 Å². The number of ether oxygens (including phenoxy) is 3. The number of rotatable bonds is 27. The number of hydrogen-bond donors (Lipinski definition) is 2. The van der Waals surface area contributed by atoms with Crippen molar-refractivity contribution >= 4 is 5.97 Å². The molecule has 0 aromatic rings. The van der Waals surface area contributed by atoms with Gasteiger partial charge in [-0.25, -0.2) is 0 Å². The molecule has 0 saturated heterocycles. The Bertz CT molecular complexity index is 471. The highest BCUT2D eigenvalue weighted by Crippen LogP contribution is 2.10. The third-order valence-electron chi connectivity index (χ3n) is 5.58. The van der Waals surface area contributed by atoms with Crippen LogP contribution >= 0.6 is 0 Å². The Balaban J connectivity index is 3.99. The van der Waals surface area contributed by atoms with Crippen molar-refractivity contribution in [2.75, 3.05) is 39.5 Å². The summed E-state index contributed by atoms with van der Waals surface area (Å²) in [4.78, 5) is 12.2. The number of hydrogen-bond acceptors (Lipinski definition) is 6. The van der Waals surface area contributed by atoms with Crippen molar-refractivity contribution in [3.63, 3.8) is 0 Å². The molecule has 0 aliphatic carbocycles. The molecule has 0 heterocycles. The first-order valence-corrected chi connectivity index (χ1v) is 14.2. The molecule has 0 bridgehead atoms. The Labute approximate surface area is 215 Å². The predicted molar refractivity (Wildman–Crippen MR) is 145 cm³/mol. The van der Waals surface area contributed by atoms with Crippen LogP contribution in [-0.2, 0) is 19.0 Å². The topological polar surface area (TPSA) is 77.0 Å². The molecule has 35 heavy (non-hydrogen) atoms. The van der Waals surface area contributed by atoms with Gasteiger partial charge in [-0.3, -0.25) is 4.79 Å². The first-order chi connectivity index (χ1) is 17.2. The van der Waals surface area contributed by atoms with E-state index in [2.05, 4.69) is 43.5 Å². The molecule has 0 rings (SSSR count). The fourth-order valence-electron chi connectivity index (χ4n) is 3.52. The molecule has 0 spiro atoms. The summed E-state index contributed by atoms with van der Waals surface area (Å²) in [6.45, 7) is 7.92. The van der Waals surface area contributed by atoms with E-state index in [9.17, 15) is 4.79 Å². The third kappa shape index (κ3) is 27.2. The van der Waals surface area contributed by atoms with E-state index in [-0.39, 0.29) is 18.9 Å².